The zero-order valence-corrected chi connectivity index (χ0v) is 20.8. The summed E-state index contributed by atoms with van der Waals surface area (Å²) in [5, 5.41) is 8.10. The molecule has 4 rings (SSSR count). The van der Waals surface area contributed by atoms with Crippen molar-refractivity contribution in [3.05, 3.63) is 108 Å². The fourth-order valence-corrected chi connectivity index (χ4v) is 3.85. The molecule has 4 aromatic carbocycles. The Hall–Kier alpha value is -4.18. The number of unbranched alkanes of at least 4 members (excludes halogenated alkanes) is 1. The normalized spacial score (nSPS) is 10.6. The topological polar surface area (TPSA) is 59.4 Å². The first-order chi connectivity index (χ1) is 17.5. The summed E-state index contributed by atoms with van der Waals surface area (Å²) in [6, 6.07) is 32.0. The number of aryl methyl sites for hydroxylation is 2. The molecular weight excluding hydrogens is 446 g/mol. The van der Waals surface area contributed by atoms with E-state index in [2.05, 4.69) is 62.4 Å². The first-order valence-corrected chi connectivity index (χ1v) is 12.3. The molecule has 0 amide bonds. The number of carbonyl (C=O) groups is 1. The lowest BCUT2D eigenvalue weighted by atomic mass is 10.0. The van der Waals surface area contributed by atoms with Crippen molar-refractivity contribution < 1.29 is 14.3 Å². The Morgan fingerprint density at radius 2 is 0.917 bits per heavy atom. The SMILES string of the molecule is Cc1ccc(-c2ccc(OC(=N)CCCCC(=O)Oc3ccc(-c4ccc(C)cc4)cc3)cc2)cc1. The second-order valence-corrected chi connectivity index (χ2v) is 8.99. The van der Waals surface area contributed by atoms with Gasteiger partial charge in [0.25, 0.3) is 0 Å². The van der Waals surface area contributed by atoms with Crippen molar-refractivity contribution in [2.75, 3.05) is 0 Å². The molecule has 1 N–H and O–H groups in total. The van der Waals surface area contributed by atoms with Gasteiger partial charge in [0.1, 0.15) is 11.5 Å². The van der Waals surface area contributed by atoms with E-state index in [0.717, 1.165) is 22.3 Å². The monoisotopic (exact) mass is 477 g/mol. The molecule has 0 spiro atoms. The highest BCUT2D eigenvalue weighted by molar-refractivity contribution is 5.76. The van der Waals surface area contributed by atoms with Crippen LogP contribution in [0.1, 0.15) is 36.8 Å². The van der Waals surface area contributed by atoms with E-state index in [9.17, 15) is 4.79 Å². The first kappa shape index (κ1) is 24.9. The van der Waals surface area contributed by atoms with Gasteiger partial charge in [0.05, 0.1) is 0 Å². The highest BCUT2D eigenvalue weighted by atomic mass is 16.5. The molecule has 0 atom stereocenters. The van der Waals surface area contributed by atoms with Gasteiger partial charge in [-0.15, -0.1) is 0 Å². The van der Waals surface area contributed by atoms with E-state index in [-0.39, 0.29) is 11.9 Å². The fraction of sp³-hybridized carbons (Fsp3) is 0.188. The number of benzene rings is 4. The van der Waals surface area contributed by atoms with Crippen molar-refractivity contribution in [1.29, 1.82) is 5.41 Å². The molecule has 0 aliphatic carbocycles. The van der Waals surface area contributed by atoms with Crippen LogP contribution in [0.15, 0.2) is 97.1 Å². The molecule has 0 saturated heterocycles. The van der Waals surface area contributed by atoms with Crippen molar-refractivity contribution in [3.8, 4) is 33.8 Å². The number of esters is 1. The predicted molar refractivity (Wildman–Crippen MR) is 146 cm³/mol. The van der Waals surface area contributed by atoms with E-state index >= 15 is 0 Å². The van der Waals surface area contributed by atoms with Gasteiger partial charge < -0.3 is 9.47 Å². The Labute approximate surface area is 213 Å². The van der Waals surface area contributed by atoms with Crippen molar-refractivity contribution in [2.45, 2.75) is 39.5 Å². The lowest BCUT2D eigenvalue weighted by Gasteiger charge is -2.09. The van der Waals surface area contributed by atoms with Gasteiger partial charge in [0.15, 0.2) is 5.90 Å². The zero-order chi connectivity index (χ0) is 25.3. The second-order valence-electron chi connectivity index (χ2n) is 8.99. The quantitative estimate of drug-likeness (QED) is 0.0869. The smallest absolute Gasteiger partial charge is 0.311 e. The lowest BCUT2D eigenvalue weighted by molar-refractivity contribution is -0.134. The molecule has 0 radical (unpaired) electrons. The molecule has 4 aromatic rings. The van der Waals surface area contributed by atoms with E-state index < -0.39 is 0 Å². The van der Waals surface area contributed by atoms with Crippen LogP contribution in [0.5, 0.6) is 11.5 Å². The first-order valence-electron chi connectivity index (χ1n) is 12.3. The predicted octanol–water partition coefficient (Wildman–Crippen LogP) is 8.16. The summed E-state index contributed by atoms with van der Waals surface area (Å²) in [6.45, 7) is 4.13. The van der Waals surface area contributed by atoms with Crippen LogP contribution in [0.4, 0.5) is 0 Å². The number of rotatable bonds is 9. The molecule has 0 aliphatic rings. The molecule has 0 bridgehead atoms. The highest BCUT2D eigenvalue weighted by Gasteiger charge is 2.08. The molecule has 4 heteroatoms. The third-order valence-corrected chi connectivity index (χ3v) is 5.99. The van der Waals surface area contributed by atoms with E-state index in [1.165, 1.54) is 11.1 Å². The van der Waals surface area contributed by atoms with Crippen LogP contribution in [-0.4, -0.2) is 11.9 Å². The molecule has 0 unspecified atom stereocenters. The van der Waals surface area contributed by atoms with Crippen LogP contribution in [-0.2, 0) is 4.79 Å². The van der Waals surface area contributed by atoms with Crippen molar-refractivity contribution in [3.63, 3.8) is 0 Å². The minimum Gasteiger partial charge on any atom is -0.444 e. The summed E-state index contributed by atoms with van der Waals surface area (Å²) in [5.74, 6) is 1.11. The van der Waals surface area contributed by atoms with E-state index in [1.807, 2.05) is 48.5 Å². The zero-order valence-electron chi connectivity index (χ0n) is 20.8. The van der Waals surface area contributed by atoms with Gasteiger partial charge in [-0.25, -0.2) is 0 Å². The Morgan fingerprint density at radius 1 is 0.556 bits per heavy atom. The summed E-state index contributed by atoms with van der Waals surface area (Å²) in [6.07, 6.45) is 2.09. The molecule has 0 fully saturated rings. The summed E-state index contributed by atoms with van der Waals surface area (Å²) in [7, 11) is 0. The maximum absolute atomic E-state index is 12.2. The molecule has 182 valence electrons. The van der Waals surface area contributed by atoms with Crippen molar-refractivity contribution in [2.24, 2.45) is 0 Å². The van der Waals surface area contributed by atoms with Crippen molar-refractivity contribution >= 4 is 11.9 Å². The minimum atomic E-state index is -0.266. The van der Waals surface area contributed by atoms with Crippen LogP contribution in [0.2, 0.25) is 0 Å². The van der Waals surface area contributed by atoms with E-state index in [0.29, 0.717) is 37.2 Å². The molecule has 0 aromatic heterocycles. The van der Waals surface area contributed by atoms with Gasteiger partial charge >= 0.3 is 5.97 Å². The van der Waals surface area contributed by atoms with Crippen LogP contribution in [0.25, 0.3) is 22.3 Å². The van der Waals surface area contributed by atoms with Gasteiger partial charge in [0.2, 0.25) is 0 Å². The number of hydrogen-bond acceptors (Lipinski definition) is 4. The number of ether oxygens (including phenoxy) is 2. The average Bonchev–Trinajstić information content (AvgIpc) is 2.89. The number of nitrogens with one attached hydrogen (secondary N) is 1. The van der Waals surface area contributed by atoms with E-state index in [4.69, 9.17) is 14.9 Å². The van der Waals surface area contributed by atoms with Crippen LogP contribution in [0.3, 0.4) is 0 Å². The van der Waals surface area contributed by atoms with Gasteiger partial charge in [-0.2, -0.15) is 0 Å². The maximum atomic E-state index is 12.2. The van der Waals surface area contributed by atoms with Gasteiger partial charge in [0, 0.05) is 12.8 Å². The number of hydrogen-bond donors (Lipinski definition) is 1. The van der Waals surface area contributed by atoms with E-state index in [1.54, 1.807) is 0 Å². The maximum Gasteiger partial charge on any atom is 0.311 e. The largest absolute Gasteiger partial charge is 0.444 e. The molecular formula is C32H31NO3. The van der Waals surface area contributed by atoms with Gasteiger partial charge in [-0.1, -0.05) is 83.9 Å². The Morgan fingerprint density at radius 3 is 1.36 bits per heavy atom. The second kappa shape index (κ2) is 12.0. The average molecular weight is 478 g/mol. The molecule has 0 aliphatic heterocycles. The Balaban J connectivity index is 1.16. The Bertz CT molecular complexity index is 1180. The minimum absolute atomic E-state index is 0.193. The standard InChI is InChI=1S/C32H31NO3/c1-23-7-11-25(12-8-23)27-15-19-29(20-16-27)35-31(33)5-3-4-6-32(34)36-30-21-17-28(18-22-30)26-13-9-24(2)10-14-26/h7-22,33H,3-6H2,1-2H3. The molecule has 0 heterocycles. The lowest BCUT2D eigenvalue weighted by Crippen LogP contribution is -2.09. The summed E-state index contributed by atoms with van der Waals surface area (Å²) < 4.78 is 11.1. The fourth-order valence-electron chi connectivity index (χ4n) is 3.85. The summed E-state index contributed by atoms with van der Waals surface area (Å²) in [5.41, 5.74) is 6.92. The van der Waals surface area contributed by atoms with Crippen molar-refractivity contribution in [1.82, 2.24) is 0 Å². The number of carbonyl (C=O) groups excluding carboxylic acids is 1. The third-order valence-electron chi connectivity index (χ3n) is 5.99. The van der Waals surface area contributed by atoms with Crippen LogP contribution < -0.4 is 9.47 Å². The molecule has 36 heavy (non-hydrogen) atoms. The highest BCUT2D eigenvalue weighted by Crippen LogP contribution is 2.24. The van der Waals surface area contributed by atoms with Gasteiger partial charge in [-0.3, -0.25) is 10.2 Å². The summed E-state index contributed by atoms with van der Waals surface area (Å²) in [4.78, 5) is 12.2. The molecule has 0 saturated carbocycles. The molecule has 4 nitrogen and oxygen atoms in total. The van der Waals surface area contributed by atoms with Crippen LogP contribution >= 0.6 is 0 Å². The summed E-state index contributed by atoms with van der Waals surface area (Å²) >= 11 is 0. The van der Waals surface area contributed by atoms with Gasteiger partial charge in [-0.05, 0) is 73.2 Å². The van der Waals surface area contributed by atoms with Crippen LogP contribution in [0, 0.1) is 19.3 Å². The Kier molecular flexibility index (Phi) is 8.30. The third kappa shape index (κ3) is 7.16.